The fourth-order valence-corrected chi connectivity index (χ4v) is 2.61. The monoisotopic (exact) mass is 225 g/mol. The molecular weight excluding hydrogens is 208 g/mol. The fourth-order valence-electron chi connectivity index (χ4n) is 2.61. The molecule has 0 aromatic rings. The second-order valence-electron chi connectivity index (χ2n) is 5.08. The third-order valence-corrected chi connectivity index (χ3v) is 3.39. The zero-order chi connectivity index (χ0) is 9.53. The number of hydrogen-bond donors (Lipinski definition) is 1. The van der Waals surface area contributed by atoms with Gasteiger partial charge in [0, 0.05) is 25.9 Å². The van der Waals surface area contributed by atoms with Crippen LogP contribution < -0.4 is 5.32 Å². The van der Waals surface area contributed by atoms with E-state index >= 15 is 0 Å². The number of rotatable bonds is 2. The normalized spacial score (nSPS) is 33.2. The highest BCUT2D eigenvalue weighted by molar-refractivity contribution is 5.85. The Hall–Kier alpha value is 0.110. The minimum absolute atomic E-state index is 0. The number of hydrogen-bond acceptors (Lipinski definition) is 1. The lowest BCUT2D eigenvalue weighted by molar-refractivity contribution is 0.00170. The Bertz CT molecular complexity index is 204. The molecule has 84 valence electrons. The zero-order valence-corrected chi connectivity index (χ0v) is 9.30. The molecule has 4 heteroatoms. The van der Waals surface area contributed by atoms with Crippen molar-refractivity contribution in [3.05, 3.63) is 0 Å². The second-order valence-corrected chi connectivity index (χ2v) is 5.08. The third kappa shape index (κ3) is 2.57. The Balaban J connectivity index is 0.000000980. The van der Waals surface area contributed by atoms with Crippen LogP contribution in [0.5, 0.6) is 0 Å². The molecule has 1 saturated carbocycles. The molecule has 2 rings (SSSR count). The summed E-state index contributed by atoms with van der Waals surface area (Å²) < 4.78 is 25.8. The van der Waals surface area contributed by atoms with E-state index in [1.54, 1.807) is 0 Å². The van der Waals surface area contributed by atoms with Crippen LogP contribution in [0.15, 0.2) is 0 Å². The van der Waals surface area contributed by atoms with E-state index in [4.69, 9.17) is 0 Å². The maximum absolute atomic E-state index is 12.9. The quantitative estimate of drug-likeness (QED) is 0.762. The van der Waals surface area contributed by atoms with Gasteiger partial charge in [0.15, 0.2) is 0 Å². The van der Waals surface area contributed by atoms with Crippen LogP contribution in [0.25, 0.3) is 0 Å². The molecule has 1 saturated heterocycles. The van der Waals surface area contributed by atoms with E-state index in [-0.39, 0.29) is 31.2 Å². The lowest BCUT2D eigenvalue weighted by Crippen LogP contribution is -2.52. The Morgan fingerprint density at radius 2 is 2.00 bits per heavy atom. The summed E-state index contributed by atoms with van der Waals surface area (Å²) >= 11 is 0. The average molecular weight is 226 g/mol. The minimum atomic E-state index is -2.36. The standard InChI is InChI=1S/C10H17F2N.ClH/c1-9(6-13-7-9)4-8-2-3-10(11,12)5-8;/h8,13H,2-7H2,1H3;1H. The Kier molecular flexibility index (Phi) is 3.42. The van der Waals surface area contributed by atoms with Gasteiger partial charge in [-0.3, -0.25) is 0 Å². The first-order valence-electron chi connectivity index (χ1n) is 5.08. The van der Waals surface area contributed by atoms with Gasteiger partial charge >= 0.3 is 0 Å². The number of halogens is 3. The van der Waals surface area contributed by atoms with Crippen LogP contribution in [0, 0.1) is 11.3 Å². The number of nitrogens with one attached hydrogen (secondary N) is 1. The van der Waals surface area contributed by atoms with Gasteiger partial charge < -0.3 is 5.32 Å². The molecular formula is C10H18ClF2N. The van der Waals surface area contributed by atoms with E-state index < -0.39 is 5.92 Å². The summed E-state index contributed by atoms with van der Waals surface area (Å²) in [5.41, 5.74) is 0.311. The molecule has 0 radical (unpaired) electrons. The van der Waals surface area contributed by atoms with Crippen LogP contribution in [0.1, 0.15) is 32.6 Å². The third-order valence-electron chi connectivity index (χ3n) is 3.39. The molecule has 1 aliphatic carbocycles. The van der Waals surface area contributed by atoms with Gasteiger partial charge in [-0.1, -0.05) is 6.92 Å². The molecule has 0 bridgehead atoms. The van der Waals surface area contributed by atoms with Gasteiger partial charge in [-0.2, -0.15) is 0 Å². The van der Waals surface area contributed by atoms with Crippen LogP contribution in [0.4, 0.5) is 8.78 Å². The molecule has 0 spiro atoms. The molecule has 1 nitrogen and oxygen atoms in total. The summed E-state index contributed by atoms with van der Waals surface area (Å²) in [6.45, 7) is 4.21. The maximum Gasteiger partial charge on any atom is 0.248 e. The van der Waals surface area contributed by atoms with E-state index in [0.717, 1.165) is 25.9 Å². The molecule has 1 heterocycles. The Morgan fingerprint density at radius 3 is 2.36 bits per heavy atom. The van der Waals surface area contributed by atoms with E-state index in [0.29, 0.717) is 5.41 Å². The molecule has 0 aromatic heterocycles. The summed E-state index contributed by atoms with van der Waals surface area (Å²) in [5, 5.41) is 3.21. The summed E-state index contributed by atoms with van der Waals surface area (Å²) in [7, 11) is 0. The van der Waals surface area contributed by atoms with Crippen molar-refractivity contribution >= 4 is 12.4 Å². The van der Waals surface area contributed by atoms with Crippen LogP contribution >= 0.6 is 12.4 Å². The first-order valence-corrected chi connectivity index (χ1v) is 5.08. The number of alkyl halides is 2. The van der Waals surface area contributed by atoms with Crippen molar-refractivity contribution in [2.24, 2.45) is 11.3 Å². The lowest BCUT2D eigenvalue weighted by atomic mass is 9.76. The lowest BCUT2D eigenvalue weighted by Gasteiger charge is -2.41. The molecule has 0 amide bonds. The predicted molar refractivity (Wildman–Crippen MR) is 55.1 cm³/mol. The average Bonchev–Trinajstić information content (AvgIpc) is 2.27. The van der Waals surface area contributed by atoms with E-state index in [1.165, 1.54) is 0 Å². The topological polar surface area (TPSA) is 12.0 Å². The van der Waals surface area contributed by atoms with Crippen LogP contribution in [-0.2, 0) is 0 Å². The van der Waals surface area contributed by atoms with Gasteiger partial charge in [0.05, 0.1) is 0 Å². The smallest absolute Gasteiger partial charge is 0.248 e. The molecule has 1 aliphatic heterocycles. The SMILES string of the molecule is CC1(CC2CCC(F)(F)C2)CNC1.Cl. The van der Waals surface area contributed by atoms with Gasteiger partial charge in [-0.25, -0.2) is 8.78 Å². The maximum atomic E-state index is 12.9. The van der Waals surface area contributed by atoms with Crippen LogP contribution in [0.2, 0.25) is 0 Å². The van der Waals surface area contributed by atoms with Gasteiger partial charge in [0.2, 0.25) is 5.92 Å². The van der Waals surface area contributed by atoms with Crippen LogP contribution in [0.3, 0.4) is 0 Å². The van der Waals surface area contributed by atoms with Crippen molar-refractivity contribution in [1.82, 2.24) is 5.32 Å². The first kappa shape index (κ1) is 12.2. The van der Waals surface area contributed by atoms with Gasteiger partial charge in [0.1, 0.15) is 0 Å². The molecule has 0 aromatic carbocycles. The molecule has 1 atom stereocenters. The van der Waals surface area contributed by atoms with Crippen molar-refractivity contribution < 1.29 is 8.78 Å². The zero-order valence-electron chi connectivity index (χ0n) is 8.48. The Labute approximate surface area is 90.0 Å². The van der Waals surface area contributed by atoms with Gasteiger partial charge in [-0.05, 0) is 24.2 Å². The summed E-state index contributed by atoms with van der Waals surface area (Å²) in [6, 6.07) is 0. The molecule has 2 aliphatic rings. The predicted octanol–water partition coefficient (Wildman–Crippen LogP) is 2.84. The molecule has 2 fully saturated rings. The summed E-state index contributed by atoms with van der Waals surface area (Å²) in [4.78, 5) is 0. The second kappa shape index (κ2) is 3.93. The molecule has 1 unspecified atom stereocenters. The van der Waals surface area contributed by atoms with Crippen molar-refractivity contribution in [3.8, 4) is 0 Å². The Morgan fingerprint density at radius 1 is 1.36 bits per heavy atom. The highest BCUT2D eigenvalue weighted by atomic mass is 35.5. The highest BCUT2D eigenvalue weighted by Gasteiger charge is 2.43. The highest BCUT2D eigenvalue weighted by Crippen LogP contribution is 2.44. The largest absolute Gasteiger partial charge is 0.316 e. The van der Waals surface area contributed by atoms with Gasteiger partial charge in [0.25, 0.3) is 0 Å². The van der Waals surface area contributed by atoms with Crippen molar-refractivity contribution in [3.63, 3.8) is 0 Å². The fraction of sp³-hybridized carbons (Fsp3) is 1.00. The summed E-state index contributed by atoms with van der Waals surface area (Å²) in [6.07, 6.45) is 1.95. The van der Waals surface area contributed by atoms with E-state index in [9.17, 15) is 8.78 Å². The van der Waals surface area contributed by atoms with Crippen LogP contribution in [-0.4, -0.2) is 19.0 Å². The van der Waals surface area contributed by atoms with Crippen molar-refractivity contribution in [2.45, 2.75) is 38.5 Å². The molecule has 14 heavy (non-hydrogen) atoms. The summed E-state index contributed by atoms with van der Waals surface area (Å²) in [5.74, 6) is -2.10. The van der Waals surface area contributed by atoms with Crippen molar-refractivity contribution in [1.29, 1.82) is 0 Å². The van der Waals surface area contributed by atoms with Gasteiger partial charge in [-0.15, -0.1) is 12.4 Å². The minimum Gasteiger partial charge on any atom is -0.316 e. The van der Waals surface area contributed by atoms with E-state index in [2.05, 4.69) is 12.2 Å². The molecule has 1 N–H and O–H groups in total. The first-order chi connectivity index (χ1) is 5.99. The van der Waals surface area contributed by atoms with Crippen molar-refractivity contribution in [2.75, 3.05) is 13.1 Å². The van der Waals surface area contributed by atoms with E-state index in [1.807, 2.05) is 0 Å².